The third kappa shape index (κ3) is 2.49. The van der Waals surface area contributed by atoms with Crippen molar-refractivity contribution in [2.75, 3.05) is 0 Å². The third-order valence-corrected chi connectivity index (χ3v) is 4.01. The summed E-state index contributed by atoms with van der Waals surface area (Å²) in [6.45, 7) is 3.64. The van der Waals surface area contributed by atoms with Crippen molar-refractivity contribution in [1.29, 1.82) is 0 Å². The van der Waals surface area contributed by atoms with Gasteiger partial charge in [-0.05, 0) is 19.3 Å². The van der Waals surface area contributed by atoms with Gasteiger partial charge in [-0.25, -0.2) is 4.68 Å². The molecule has 102 valence electrons. The lowest BCUT2D eigenvalue weighted by atomic mass is 10.2. The molecule has 1 atom stereocenters. The van der Waals surface area contributed by atoms with E-state index in [1.165, 1.54) is 12.8 Å². The van der Waals surface area contributed by atoms with Crippen LogP contribution in [-0.4, -0.2) is 29.8 Å². The van der Waals surface area contributed by atoms with Crippen molar-refractivity contribution < 1.29 is 0 Å². The molecule has 0 saturated carbocycles. The number of hydrogen-bond acceptors (Lipinski definition) is 4. The minimum Gasteiger partial charge on any atom is -0.313 e. The van der Waals surface area contributed by atoms with Crippen LogP contribution in [-0.2, 0) is 19.5 Å². The molecule has 1 unspecified atom stereocenters. The molecule has 0 bridgehead atoms. The van der Waals surface area contributed by atoms with Gasteiger partial charge in [-0.2, -0.15) is 0 Å². The molecule has 0 radical (unpaired) electrons. The second-order valence-corrected chi connectivity index (χ2v) is 5.38. The number of nitrogens with zero attached hydrogens (tertiary/aromatic N) is 6. The van der Waals surface area contributed by atoms with Crippen LogP contribution < -0.4 is 0 Å². The number of alkyl halides is 1. The van der Waals surface area contributed by atoms with Gasteiger partial charge < -0.3 is 4.57 Å². The topological polar surface area (TPSA) is 61.4 Å². The molecule has 0 spiro atoms. The predicted molar refractivity (Wildman–Crippen MR) is 71.0 cm³/mol. The van der Waals surface area contributed by atoms with E-state index in [0.717, 1.165) is 36.7 Å². The summed E-state index contributed by atoms with van der Waals surface area (Å²) in [6.07, 6.45) is 6.16. The lowest BCUT2D eigenvalue weighted by Gasteiger charge is -2.14. The zero-order valence-electron chi connectivity index (χ0n) is 11.0. The van der Waals surface area contributed by atoms with E-state index in [-0.39, 0.29) is 5.38 Å². The Morgan fingerprint density at radius 2 is 2.21 bits per heavy atom. The highest BCUT2D eigenvalue weighted by molar-refractivity contribution is 6.20. The molecule has 0 fully saturated rings. The van der Waals surface area contributed by atoms with E-state index < -0.39 is 0 Å². The molecule has 0 aliphatic carbocycles. The Morgan fingerprint density at radius 1 is 1.32 bits per heavy atom. The fourth-order valence-electron chi connectivity index (χ4n) is 2.37. The molecule has 2 aromatic rings. The van der Waals surface area contributed by atoms with Crippen molar-refractivity contribution in [3.63, 3.8) is 0 Å². The van der Waals surface area contributed by atoms with Gasteiger partial charge in [0.25, 0.3) is 0 Å². The van der Waals surface area contributed by atoms with Gasteiger partial charge >= 0.3 is 0 Å². The summed E-state index contributed by atoms with van der Waals surface area (Å²) in [5.41, 5.74) is 0.822. The largest absolute Gasteiger partial charge is 0.313 e. The van der Waals surface area contributed by atoms with E-state index in [9.17, 15) is 0 Å². The van der Waals surface area contributed by atoms with Crippen LogP contribution in [0.15, 0.2) is 6.20 Å². The Bertz CT molecular complexity index is 560. The Morgan fingerprint density at radius 3 is 3.05 bits per heavy atom. The first-order valence-corrected chi connectivity index (χ1v) is 7.16. The molecule has 0 N–H and O–H groups in total. The van der Waals surface area contributed by atoms with E-state index in [0.29, 0.717) is 6.54 Å². The summed E-state index contributed by atoms with van der Waals surface area (Å²) in [6, 6.07) is 0. The van der Waals surface area contributed by atoms with E-state index in [1.54, 1.807) is 4.68 Å². The van der Waals surface area contributed by atoms with Crippen LogP contribution in [0, 0.1) is 0 Å². The van der Waals surface area contributed by atoms with Gasteiger partial charge in [-0.3, -0.25) is 0 Å². The summed E-state index contributed by atoms with van der Waals surface area (Å²) >= 11 is 6.15. The number of aromatic nitrogens is 6. The average molecular weight is 281 g/mol. The molecule has 1 aliphatic rings. The molecule has 3 rings (SSSR count). The lowest BCUT2D eigenvalue weighted by Crippen LogP contribution is -2.15. The molecule has 0 aromatic carbocycles. The highest BCUT2D eigenvalue weighted by Crippen LogP contribution is 2.21. The fourth-order valence-corrected chi connectivity index (χ4v) is 2.47. The zero-order valence-corrected chi connectivity index (χ0v) is 11.7. The van der Waals surface area contributed by atoms with Crippen LogP contribution in [0.3, 0.4) is 0 Å². The molecule has 19 heavy (non-hydrogen) atoms. The van der Waals surface area contributed by atoms with Gasteiger partial charge in [-0.15, -0.1) is 26.9 Å². The average Bonchev–Trinajstić information content (AvgIpc) is 3.06. The van der Waals surface area contributed by atoms with Gasteiger partial charge in [0.15, 0.2) is 5.82 Å². The second kappa shape index (κ2) is 5.28. The summed E-state index contributed by atoms with van der Waals surface area (Å²) in [7, 11) is 0. The summed E-state index contributed by atoms with van der Waals surface area (Å²) < 4.78 is 3.98. The SMILES string of the molecule is CCC(Cl)c1cn(Cc2nnc3n2CCCC3)nn1. The molecule has 7 heteroatoms. The maximum atomic E-state index is 6.15. The molecule has 3 heterocycles. The lowest BCUT2D eigenvalue weighted by molar-refractivity contribution is 0.493. The van der Waals surface area contributed by atoms with Crippen molar-refractivity contribution in [3.05, 3.63) is 23.5 Å². The molecule has 1 aliphatic heterocycles. The van der Waals surface area contributed by atoms with E-state index in [1.807, 2.05) is 13.1 Å². The number of halogens is 1. The highest BCUT2D eigenvalue weighted by atomic mass is 35.5. The molecule has 2 aromatic heterocycles. The predicted octanol–water partition coefficient (Wildman–Crippen LogP) is 1.94. The first kappa shape index (κ1) is 12.6. The quantitative estimate of drug-likeness (QED) is 0.803. The maximum Gasteiger partial charge on any atom is 0.154 e. The number of aryl methyl sites for hydroxylation is 1. The van der Waals surface area contributed by atoms with Gasteiger partial charge in [0.2, 0.25) is 0 Å². The van der Waals surface area contributed by atoms with Crippen molar-refractivity contribution in [2.24, 2.45) is 0 Å². The summed E-state index contributed by atoms with van der Waals surface area (Å²) in [5, 5.41) is 16.6. The van der Waals surface area contributed by atoms with Crippen molar-refractivity contribution >= 4 is 11.6 Å². The minimum atomic E-state index is -0.0685. The Hall–Kier alpha value is -1.43. The van der Waals surface area contributed by atoms with Crippen LogP contribution in [0.5, 0.6) is 0 Å². The Labute approximate surface area is 116 Å². The van der Waals surface area contributed by atoms with Gasteiger partial charge in [0.05, 0.1) is 11.6 Å². The molecule has 0 amide bonds. The molecule has 0 saturated heterocycles. The molecular weight excluding hydrogens is 264 g/mol. The first-order chi connectivity index (χ1) is 9.28. The second-order valence-electron chi connectivity index (χ2n) is 4.86. The normalized spacial score (nSPS) is 16.3. The van der Waals surface area contributed by atoms with Crippen LogP contribution >= 0.6 is 11.6 Å². The van der Waals surface area contributed by atoms with Crippen LogP contribution in [0.1, 0.15) is 48.9 Å². The summed E-state index contributed by atoms with van der Waals surface area (Å²) in [5.74, 6) is 2.04. The van der Waals surface area contributed by atoms with Crippen molar-refractivity contribution in [3.8, 4) is 0 Å². The van der Waals surface area contributed by atoms with Crippen LogP contribution in [0.2, 0.25) is 0 Å². The summed E-state index contributed by atoms with van der Waals surface area (Å²) in [4.78, 5) is 0. The molecular formula is C12H17ClN6. The monoisotopic (exact) mass is 280 g/mol. The number of hydrogen-bond donors (Lipinski definition) is 0. The minimum absolute atomic E-state index is 0.0685. The number of fused-ring (bicyclic) bond motifs is 1. The fraction of sp³-hybridized carbons (Fsp3) is 0.667. The number of rotatable bonds is 4. The first-order valence-electron chi connectivity index (χ1n) is 6.73. The van der Waals surface area contributed by atoms with E-state index in [4.69, 9.17) is 11.6 Å². The Balaban J connectivity index is 1.78. The smallest absolute Gasteiger partial charge is 0.154 e. The van der Waals surface area contributed by atoms with E-state index in [2.05, 4.69) is 25.1 Å². The van der Waals surface area contributed by atoms with E-state index >= 15 is 0 Å². The maximum absolute atomic E-state index is 6.15. The van der Waals surface area contributed by atoms with Crippen LogP contribution in [0.25, 0.3) is 0 Å². The van der Waals surface area contributed by atoms with Crippen LogP contribution in [0.4, 0.5) is 0 Å². The van der Waals surface area contributed by atoms with Gasteiger partial charge in [-0.1, -0.05) is 12.1 Å². The highest BCUT2D eigenvalue weighted by Gasteiger charge is 2.17. The zero-order chi connectivity index (χ0) is 13.2. The Kier molecular flexibility index (Phi) is 3.50. The molecule has 6 nitrogen and oxygen atoms in total. The standard InChI is InChI=1S/C12H17ClN6/c1-2-9(13)10-7-18(17-14-10)8-12-16-15-11-5-3-4-6-19(11)12/h7,9H,2-6,8H2,1H3. The third-order valence-electron chi connectivity index (χ3n) is 3.48. The van der Waals surface area contributed by atoms with Gasteiger partial charge in [0, 0.05) is 13.0 Å². The van der Waals surface area contributed by atoms with Crippen molar-refractivity contribution in [1.82, 2.24) is 29.8 Å². The van der Waals surface area contributed by atoms with Crippen molar-refractivity contribution in [2.45, 2.75) is 51.1 Å². The van der Waals surface area contributed by atoms with Gasteiger partial charge in [0.1, 0.15) is 18.1 Å².